The molecule has 2 heterocycles. The topological polar surface area (TPSA) is 136 Å². The number of rotatable bonds is 11. The lowest BCUT2D eigenvalue weighted by Gasteiger charge is -2.18. The maximum absolute atomic E-state index is 12.9. The molecule has 2 aromatic heterocycles. The van der Waals surface area contributed by atoms with Crippen molar-refractivity contribution in [2.45, 2.75) is 43.0 Å². The highest BCUT2D eigenvalue weighted by Gasteiger charge is 2.23. The van der Waals surface area contributed by atoms with Crippen LogP contribution in [0.4, 0.5) is 5.69 Å². The van der Waals surface area contributed by atoms with Crippen molar-refractivity contribution in [2.24, 2.45) is 0 Å². The molecular formula is C25H29N7O3S3. The van der Waals surface area contributed by atoms with Gasteiger partial charge < -0.3 is 11.2 Å². The summed E-state index contributed by atoms with van der Waals surface area (Å²) in [4.78, 5) is 17.2. The summed E-state index contributed by atoms with van der Waals surface area (Å²) in [5, 5.41) is 14.4. The second-order valence-corrected chi connectivity index (χ2v) is 12.2. The second-order valence-electron chi connectivity index (χ2n) is 8.35. The molecule has 0 aliphatic heterocycles. The number of hydrogen-bond acceptors (Lipinski definition) is 9. The Morgan fingerprint density at radius 2 is 1.89 bits per heavy atom. The number of nitrogen functional groups attached to an aromatic ring is 1. The maximum atomic E-state index is 12.9. The van der Waals surface area contributed by atoms with E-state index in [4.69, 9.17) is 5.84 Å². The first-order valence-corrected chi connectivity index (χ1v) is 15.3. The maximum Gasteiger partial charge on any atom is 0.243 e. The summed E-state index contributed by atoms with van der Waals surface area (Å²) in [6.45, 7) is 6.31. The zero-order valence-corrected chi connectivity index (χ0v) is 23.7. The number of nitrogens with two attached hydrogens (primary N) is 1. The Balaban J connectivity index is 1.40. The summed E-state index contributed by atoms with van der Waals surface area (Å²) < 4.78 is 28.6. The van der Waals surface area contributed by atoms with Crippen molar-refractivity contribution in [1.29, 1.82) is 0 Å². The van der Waals surface area contributed by atoms with Crippen molar-refractivity contribution in [2.75, 3.05) is 24.2 Å². The third-order valence-corrected chi connectivity index (χ3v) is 9.70. The van der Waals surface area contributed by atoms with Gasteiger partial charge in [0.15, 0.2) is 5.82 Å². The van der Waals surface area contributed by atoms with E-state index in [1.54, 1.807) is 38.1 Å². The number of hydrogen-bond donors (Lipinski definition) is 2. The van der Waals surface area contributed by atoms with Gasteiger partial charge in [0.2, 0.25) is 21.1 Å². The number of nitrogens with zero attached hydrogens (tertiary/aromatic N) is 5. The molecule has 0 atom stereocenters. The fraction of sp³-hybridized carbons (Fsp3) is 0.280. The molecule has 13 heteroatoms. The lowest BCUT2D eigenvalue weighted by molar-refractivity contribution is -0.115. The molecule has 0 radical (unpaired) electrons. The average Bonchev–Trinajstić information content (AvgIpc) is 3.50. The predicted molar refractivity (Wildman–Crippen MR) is 151 cm³/mol. The number of anilines is 1. The number of benzene rings is 2. The third kappa shape index (κ3) is 6.23. The number of carbonyl (C=O) groups is 1. The van der Waals surface area contributed by atoms with Gasteiger partial charge in [-0.15, -0.1) is 21.5 Å². The van der Waals surface area contributed by atoms with E-state index in [2.05, 4.69) is 20.5 Å². The summed E-state index contributed by atoms with van der Waals surface area (Å²) in [5.41, 5.74) is 3.14. The second kappa shape index (κ2) is 12.1. The normalized spacial score (nSPS) is 11.7. The first kappa shape index (κ1) is 27.8. The SMILES string of the molecule is CCN(CC)S(=O)(=O)c1cccc(-c2nnc(SCc3csc(CC(=O)Nc4ccccc4C)n3)n2N)c1. The molecule has 1 amide bonds. The zero-order chi connectivity index (χ0) is 27.3. The van der Waals surface area contributed by atoms with Gasteiger partial charge in [-0.25, -0.2) is 18.1 Å². The summed E-state index contributed by atoms with van der Waals surface area (Å²) >= 11 is 2.78. The summed E-state index contributed by atoms with van der Waals surface area (Å²) in [5.74, 6) is 6.99. The van der Waals surface area contributed by atoms with Crippen molar-refractivity contribution in [3.05, 3.63) is 70.2 Å². The van der Waals surface area contributed by atoms with Gasteiger partial charge in [-0.2, -0.15) is 4.31 Å². The molecule has 0 saturated carbocycles. The monoisotopic (exact) mass is 571 g/mol. The molecule has 0 bridgehead atoms. The Labute approximate surface area is 230 Å². The van der Waals surface area contributed by atoms with Crippen LogP contribution < -0.4 is 11.2 Å². The molecule has 0 fully saturated rings. The number of thiazole rings is 1. The number of aryl methyl sites for hydroxylation is 1. The van der Waals surface area contributed by atoms with E-state index in [1.807, 2.05) is 36.6 Å². The van der Waals surface area contributed by atoms with Gasteiger partial charge in [-0.1, -0.05) is 55.9 Å². The van der Waals surface area contributed by atoms with Crippen molar-refractivity contribution >= 4 is 44.7 Å². The van der Waals surface area contributed by atoms with Crippen LogP contribution in [0.1, 0.15) is 30.1 Å². The molecule has 10 nitrogen and oxygen atoms in total. The van der Waals surface area contributed by atoms with Crippen LogP contribution in [0.5, 0.6) is 0 Å². The first-order chi connectivity index (χ1) is 18.2. The van der Waals surface area contributed by atoms with Crippen molar-refractivity contribution in [3.8, 4) is 11.4 Å². The van der Waals surface area contributed by atoms with Crippen LogP contribution in [0, 0.1) is 6.92 Å². The van der Waals surface area contributed by atoms with E-state index in [1.165, 1.54) is 32.1 Å². The van der Waals surface area contributed by atoms with E-state index >= 15 is 0 Å². The average molecular weight is 572 g/mol. The molecule has 3 N–H and O–H groups in total. The van der Waals surface area contributed by atoms with Crippen molar-refractivity contribution in [1.82, 2.24) is 24.2 Å². The smallest absolute Gasteiger partial charge is 0.243 e. The highest BCUT2D eigenvalue weighted by Crippen LogP contribution is 2.27. The van der Waals surface area contributed by atoms with E-state index in [9.17, 15) is 13.2 Å². The fourth-order valence-corrected chi connectivity index (χ4v) is 6.91. The molecule has 4 rings (SSSR count). The molecule has 0 aliphatic rings. The van der Waals surface area contributed by atoms with Crippen LogP contribution in [-0.2, 0) is 27.0 Å². The summed E-state index contributed by atoms with van der Waals surface area (Å²) in [6.07, 6.45) is 0.188. The molecule has 0 spiro atoms. The molecule has 4 aromatic rings. The number of amides is 1. The zero-order valence-electron chi connectivity index (χ0n) is 21.3. The van der Waals surface area contributed by atoms with Gasteiger partial charge in [-0.05, 0) is 30.7 Å². The van der Waals surface area contributed by atoms with Crippen LogP contribution in [0.25, 0.3) is 11.4 Å². The minimum Gasteiger partial charge on any atom is -0.335 e. The molecule has 0 unspecified atom stereocenters. The Kier molecular flexibility index (Phi) is 8.82. The molecule has 200 valence electrons. The lowest BCUT2D eigenvalue weighted by Crippen LogP contribution is -2.30. The lowest BCUT2D eigenvalue weighted by atomic mass is 10.2. The number of para-hydroxylation sites is 1. The van der Waals surface area contributed by atoms with E-state index < -0.39 is 10.0 Å². The number of sulfonamides is 1. The Morgan fingerprint density at radius 3 is 2.63 bits per heavy atom. The van der Waals surface area contributed by atoms with Crippen LogP contribution in [0.2, 0.25) is 0 Å². The van der Waals surface area contributed by atoms with E-state index in [-0.39, 0.29) is 17.2 Å². The van der Waals surface area contributed by atoms with Crippen LogP contribution in [0.3, 0.4) is 0 Å². The Bertz CT molecular complexity index is 1530. The van der Waals surface area contributed by atoms with Gasteiger partial charge >= 0.3 is 0 Å². The van der Waals surface area contributed by atoms with Crippen LogP contribution in [0.15, 0.2) is 64.0 Å². The minimum absolute atomic E-state index is 0.121. The fourth-order valence-electron chi connectivity index (χ4n) is 3.76. The molecule has 0 saturated heterocycles. The largest absolute Gasteiger partial charge is 0.335 e. The third-order valence-electron chi connectivity index (χ3n) is 5.78. The van der Waals surface area contributed by atoms with E-state index in [0.29, 0.717) is 40.4 Å². The Morgan fingerprint density at radius 1 is 1.13 bits per heavy atom. The van der Waals surface area contributed by atoms with Gasteiger partial charge in [0.1, 0.15) is 5.01 Å². The molecule has 38 heavy (non-hydrogen) atoms. The highest BCUT2D eigenvalue weighted by atomic mass is 32.2. The standard InChI is InChI=1S/C25H29N7O3S3/c1-4-31(5-2)38(34,35)20-11-8-10-18(13-20)24-29-30-25(32(24)26)37-16-19-15-36-23(27-19)14-22(33)28-21-12-7-6-9-17(21)3/h6-13,15H,4-5,14,16,26H2,1-3H3,(H,28,33). The molecular weight excluding hydrogens is 543 g/mol. The van der Waals surface area contributed by atoms with Crippen LogP contribution in [-0.4, -0.2) is 51.6 Å². The van der Waals surface area contributed by atoms with Crippen LogP contribution >= 0.6 is 23.1 Å². The number of nitrogens with one attached hydrogen (secondary N) is 1. The molecule has 2 aromatic carbocycles. The van der Waals surface area contributed by atoms with E-state index in [0.717, 1.165) is 16.9 Å². The van der Waals surface area contributed by atoms with Gasteiger partial charge in [0, 0.05) is 35.5 Å². The van der Waals surface area contributed by atoms with Crippen molar-refractivity contribution in [3.63, 3.8) is 0 Å². The quantitative estimate of drug-likeness (QED) is 0.204. The summed E-state index contributed by atoms with van der Waals surface area (Å²) in [6, 6.07) is 14.2. The number of thioether (sulfide) groups is 1. The highest BCUT2D eigenvalue weighted by molar-refractivity contribution is 7.98. The first-order valence-electron chi connectivity index (χ1n) is 12.0. The Hall–Kier alpha value is -3.26. The molecule has 0 aliphatic carbocycles. The number of carbonyl (C=O) groups excluding carboxylic acids is 1. The van der Waals surface area contributed by atoms with Gasteiger partial charge in [0.05, 0.1) is 17.0 Å². The minimum atomic E-state index is -3.62. The predicted octanol–water partition coefficient (Wildman–Crippen LogP) is 3.93. The van der Waals surface area contributed by atoms with Crippen molar-refractivity contribution < 1.29 is 13.2 Å². The van der Waals surface area contributed by atoms with Gasteiger partial charge in [-0.3, -0.25) is 4.79 Å². The summed E-state index contributed by atoms with van der Waals surface area (Å²) in [7, 11) is -3.62. The van der Waals surface area contributed by atoms with Gasteiger partial charge in [0.25, 0.3) is 0 Å². The number of aromatic nitrogens is 4.